The number of fused-ring (bicyclic) bond motifs is 2. The Bertz CT molecular complexity index is 448. The molecule has 4 unspecified atom stereocenters. The largest absolute Gasteiger partial charge is 0.375 e. The van der Waals surface area contributed by atoms with Gasteiger partial charge in [-0.25, -0.2) is 0 Å². The van der Waals surface area contributed by atoms with Crippen LogP contribution in [0.3, 0.4) is 0 Å². The summed E-state index contributed by atoms with van der Waals surface area (Å²) in [6.45, 7) is 6.03. The second-order valence-corrected chi connectivity index (χ2v) is 5.91. The molecule has 3 rings (SSSR count). The molecule has 0 aromatic carbocycles. The molecule has 0 spiro atoms. The van der Waals surface area contributed by atoms with Gasteiger partial charge < -0.3 is 10.1 Å². The van der Waals surface area contributed by atoms with Crippen molar-refractivity contribution in [3.8, 4) is 0 Å². The third-order valence-corrected chi connectivity index (χ3v) is 4.72. The van der Waals surface area contributed by atoms with Crippen LogP contribution < -0.4 is 5.32 Å². The lowest BCUT2D eigenvalue weighted by Crippen LogP contribution is -2.35. The van der Waals surface area contributed by atoms with E-state index in [1.807, 2.05) is 4.68 Å². The molecule has 1 aromatic heterocycles. The van der Waals surface area contributed by atoms with Crippen LogP contribution in [0.15, 0.2) is 6.20 Å². The fourth-order valence-corrected chi connectivity index (χ4v) is 3.89. The third kappa shape index (κ3) is 2.30. The standard InChI is InChI=1S/C14H22ClN3O/c1-3-16-13(10-7-9-5-6-12(10)19-9)14-11(15)8-17-18(14)4-2/h8-10,12-13,16H,3-7H2,1-2H3. The highest BCUT2D eigenvalue weighted by Gasteiger charge is 2.45. The van der Waals surface area contributed by atoms with Crippen LogP contribution in [-0.4, -0.2) is 28.5 Å². The number of rotatable bonds is 5. The summed E-state index contributed by atoms with van der Waals surface area (Å²) in [7, 11) is 0. The minimum absolute atomic E-state index is 0.259. The highest BCUT2D eigenvalue weighted by atomic mass is 35.5. The Morgan fingerprint density at radius 3 is 2.95 bits per heavy atom. The van der Waals surface area contributed by atoms with Gasteiger partial charge in [0.15, 0.2) is 0 Å². The number of nitrogens with one attached hydrogen (secondary N) is 1. The van der Waals surface area contributed by atoms with Crippen LogP contribution in [0, 0.1) is 5.92 Å². The first-order valence-electron chi connectivity index (χ1n) is 7.34. The number of nitrogens with zero attached hydrogens (tertiary/aromatic N) is 2. The molecule has 0 radical (unpaired) electrons. The van der Waals surface area contributed by atoms with Crippen molar-refractivity contribution in [3.63, 3.8) is 0 Å². The van der Waals surface area contributed by atoms with Crippen molar-refractivity contribution < 1.29 is 4.74 Å². The maximum atomic E-state index is 6.37. The summed E-state index contributed by atoms with van der Waals surface area (Å²) in [6.07, 6.45) is 6.18. The predicted octanol–water partition coefficient (Wildman–Crippen LogP) is 2.77. The van der Waals surface area contributed by atoms with E-state index in [1.54, 1.807) is 6.20 Å². The maximum Gasteiger partial charge on any atom is 0.0834 e. The van der Waals surface area contributed by atoms with Crippen molar-refractivity contribution in [1.82, 2.24) is 15.1 Å². The Hall–Kier alpha value is -0.580. The Morgan fingerprint density at radius 2 is 2.37 bits per heavy atom. The van der Waals surface area contributed by atoms with E-state index in [2.05, 4.69) is 24.3 Å². The van der Waals surface area contributed by atoms with Gasteiger partial charge in [0.05, 0.1) is 35.2 Å². The van der Waals surface area contributed by atoms with Gasteiger partial charge in [0.2, 0.25) is 0 Å². The van der Waals surface area contributed by atoms with Crippen LogP contribution >= 0.6 is 11.6 Å². The van der Waals surface area contributed by atoms with E-state index in [1.165, 1.54) is 12.8 Å². The molecule has 4 atom stereocenters. The highest BCUT2D eigenvalue weighted by Crippen LogP contribution is 2.45. The molecule has 106 valence electrons. The van der Waals surface area contributed by atoms with Gasteiger partial charge in [-0.15, -0.1) is 0 Å². The van der Waals surface area contributed by atoms with E-state index in [0.29, 0.717) is 18.1 Å². The molecule has 1 N–H and O–H groups in total. The molecule has 1 aromatic rings. The van der Waals surface area contributed by atoms with Gasteiger partial charge in [-0.05, 0) is 32.7 Å². The van der Waals surface area contributed by atoms with Crippen molar-refractivity contribution in [3.05, 3.63) is 16.9 Å². The topological polar surface area (TPSA) is 39.1 Å². The summed E-state index contributed by atoms with van der Waals surface area (Å²) in [4.78, 5) is 0. The summed E-state index contributed by atoms with van der Waals surface area (Å²) >= 11 is 6.37. The first-order chi connectivity index (χ1) is 9.24. The van der Waals surface area contributed by atoms with Gasteiger partial charge in [-0.3, -0.25) is 4.68 Å². The Morgan fingerprint density at radius 1 is 1.53 bits per heavy atom. The maximum absolute atomic E-state index is 6.37. The lowest BCUT2D eigenvalue weighted by Gasteiger charge is -2.29. The van der Waals surface area contributed by atoms with Crippen molar-refractivity contribution >= 4 is 11.6 Å². The summed E-state index contributed by atoms with van der Waals surface area (Å²) in [5.74, 6) is 0.526. The fraction of sp³-hybridized carbons (Fsp3) is 0.786. The van der Waals surface area contributed by atoms with Crippen molar-refractivity contribution in [1.29, 1.82) is 0 Å². The number of ether oxygens (including phenoxy) is 1. The molecule has 0 aliphatic carbocycles. The van der Waals surface area contributed by atoms with E-state index in [0.717, 1.165) is 30.2 Å². The van der Waals surface area contributed by atoms with Gasteiger partial charge >= 0.3 is 0 Å². The molecule has 4 nitrogen and oxygen atoms in total. The molecule has 2 bridgehead atoms. The van der Waals surface area contributed by atoms with Gasteiger partial charge in [0, 0.05) is 12.5 Å². The van der Waals surface area contributed by atoms with Crippen LogP contribution in [0.4, 0.5) is 0 Å². The molecule has 2 aliphatic heterocycles. The van der Waals surface area contributed by atoms with Crippen molar-refractivity contribution in [2.75, 3.05) is 6.54 Å². The van der Waals surface area contributed by atoms with Gasteiger partial charge in [-0.1, -0.05) is 18.5 Å². The second-order valence-electron chi connectivity index (χ2n) is 5.50. The molecule has 2 fully saturated rings. The van der Waals surface area contributed by atoms with Gasteiger partial charge in [0.1, 0.15) is 0 Å². The summed E-state index contributed by atoms with van der Waals surface area (Å²) in [5.41, 5.74) is 1.13. The van der Waals surface area contributed by atoms with Crippen LogP contribution in [0.1, 0.15) is 44.8 Å². The molecule has 2 saturated heterocycles. The van der Waals surface area contributed by atoms with Crippen LogP contribution in [0.25, 0.3) is 0 Å². The molecule has 2 aliphatic rings. The number of aryl methyl sites for hydroxylation is 1. The molecule has 19 heavy (non-hydrogen) atoms. The zero-order chi connectivity index (χ0) is 13.4. The second kappa shape index (κ2) is 5.43. The summed E-state index contributed by atoms with van der Waals surface area (Å²) in [6, 6.07) is 0.259. The van der Waals surface area contributed by atoms with E-state index in [4.69, 9.17) is 16.3 Å². The Balaban J connectivity index is 1.90. The summed E-state index contributed by atoms with van der Waals surface area (Å²) in [5, 5.41) is 8.75. The first kappa shape index (κ1) is 13.4. The number of aromatic nitrogens is 2. The lowest BCUT2D eigenvalue weighted by atomic mass is 9.82. The predicted molar refractivity (Wildman–Crippen MR) is 75.3 cm³/mol. The van der Waals surface area contributed by atoms with Crippen LogP contribution in [0.2, 0.25) is 5.02 Å². The first-order valence-corrected chi connectivity index (χ1v) is 7.72. The third-order valence-electron chi connectivity index (χ3n) is 4.43. The molecular weight excluding hydrogens is 262 g/mol. The zero-order valence-electron chi connectivity index (χ0n) is 11.6. The van der Waals surface area contributed by atoms with E-state index in [-0.39, 0.29) is 6.04 Å². The SMILES string of the molecule is CCNC(c1c(Cl)cnn1CC)C1CC2CCC1O2. The van der Waals surface area contributed by atoms with Crippen LogP contribution in [-0.2, 0) is 11.3 Å². The van der Waals surface area contributed by atoms with Gasteiger partial charge in [-0.2, -0.15) is 5.10 Å². The van der Waals surface area contributed by atoms with Crippen molar-refractivity contribution in [2.45, 2.75) is 57.9 Å². The van der Waals surface area contributed by atoms with Crippen LogP contribution in [0.5, 0.6) is 0 Å². The van der Waals surface area contributed by atoms with E-state index in [9.17, 15) is 0 Å². The zero-order valence-corrected chi connectivity index (χ0v) is 12.4. The minimum Gasteiger partial charge on any atom is -0.375 e. The lowest BCUT2D eigenvalue weighted by molar-refractivity contribution is 0.0851. The Kier molecular flexibility index (Phi) is 3.83. The van der Waals surface area contributed by atoms with Crippen molar-refractivity contribution in [2.24, 2.45) is 5.92 Å². The molecule has 0 saturated carbocycles. The molecular formula is C14H22ClN3O. The number of hydrogen-bond acceptors (Lipinski definition) is 3. The quantitative estimate of drug-likeness (QED) is 0.903. The summed E-state index contributed by atoms with van der Waals surface area (Å²) < 4.78 is 8.03. The monoisotopic (exact) mass is 283 g/mol. The van der Waals surface area contributed by atoms with E-state index < -0.39 is 0 Å². The number of halogens is 1. The molecule has 5 heteroatoms. The minimum atomic E-state index is 0.259. The average Bonchev–Trinajstić information content (AvgIpc) is 3.11. The Labute approximate surface area is 119 Å². The number of hydrogen-bond donors (Lipinski definition) is 1. The molecule has 0 amide bonds. The average molecular weight is 284 g/mol. The molecule has 3 heterocycles. The van der Waals surface area contributed by atoms with E-state index >= 15 is 0 Å². The van der Waals surface area contributed by atoms with Gasteiger partial charge in [0.25, 0.3) is 0 Å². The smallest absolute Gasteiger partial charge is 0.0834 e. The normalized spacial score (nSPS) is 31.0. The highest BCUT2D eigenvalue weighted by molar-refractivity contribution is 6.31. The fourth-order valence-electron chi connectivity index (χ4n) is 3.63.